The lowest BCUT2D eigenvalue weighted by Gasteiger charge is -2.26. The molecule has 0 aliphatic heterocycles. The fourth-order valence-electron chi connectivity index (χ4n) is 3.47. The number of anilines is 1. The van der Waals surface area contributed by atoms with Gasteiger partial charge in [0.2, 0.25) is 5.91 Å². The number of fused-ring (bicyclic) bond motifs is 3. The van der Waals surface area contributed by atoms with Gasteiger partial charge in [0.1, 0.15) is 17.0 Å². The molecular weight excluding hydrogens is 332 g/mol. The summed E-state index contributed by atoms with van der Waals surface area (Å²) in [6.45, 7) is 11.4. The monoisotopic (exact) mass is 360 g/mol. The SMILES string of the molecule is CCN(CC(=O)NC(C)(C)C)c1ncnc2sc3c(c12)CCC(C)C3. The van der Waals surface area contributed by atoms with Gasteiger partial charge in [-0.15, -0.1) is 11.3 Å². The molecule has 25 heavy (non-hydrogen) atoms. The van der Waals surface area contributed by atoms with E-state index >= 15 is 0 Å². The van der Waals surface area contributed by atoms with E-state index < -0.39 is 0 Å². The molecule has 1 amide bonds. The van der Waals surface area contributed by atoms with Crippen molar-refractivity contribution in [3.05, 3.63) is 16.8 Å². The first-order valence-electron chi connectivity index (χ1n) is 9.09. The van der Waals surface area contributed by atoms with Gasteiger partial charge in [-0.1, -0.05) is 6.92 Å². The fraction of sp³-hybridized carbons (Fsp3) is 0.632. The summed E-state index contributed by atoms with van der Waals surface area (Å²) in [4.78, 5) is 26.1. The molecule has 1 aliphatic rings. The van der Waals surface area contributed by atoms with Crippen LogP contribution >= 0.6 is 11.3 Å². The molecule has 1 unspecified atom stereocenters. The van der Waals surface area contributed by atoms with Gasteiger partial charge in [0.15, 0.2) is 0 Å². The van der Waals surface area contributed by atoms with Crippen LogP contribution in [0, 0.1) is 5.92 Å². The average Bonchev–Trinajstić information content (AvgIpc) is 2.88. The maximum absolute atomic E-state index is 12.4. The number of hydrogen-bond donors (Lipinski definition) is 1. The molecule has 2 aromatic rings. The van der Waals surface area contributed by atoms with Gasteiger partial charge >= 0.3 is 0 Å². The molecule has 0 spiro atoms. The normalized spacial score (nSPS) is 17.4. The van der Waals surface area contributed by atoms with E-state index in [1.54, 1.807) is 17.7 Å². The first-order chi connectivity index (χ1) is 11.8. The van der Waals surface area contributed by atoms with Crippen LogP contribution in [0.4, 0.5) is 5.82 Å². The molecule has 0 aromatic carbocycles. The van der Waals surface area contributed by atoms with E-state index in [0.29, 0.717) is 6.54 Å². The van der Waals surface area contributed by atoms with Gasteiger partial charge in [-0.3, -0.25) is 4.79 Å². The third kappa shape index (κ3) is 3.94. The number of aromatic nitrogens is 2. The number of carbonyl (C=O) groups is 1. The Morgan fingerprint density at radius 1 is 1.40 bits per heavy atom. The number of likely N-dealkylation sites (N-methyl/N-ethyl adjacent to an activating group) is 1. The number of nitrogens with one attached hydrogen (secondary N) is 1. The minimum atomic E-state index is -0.227. The van der Waals surface area contributed by atoms with Gasteiger partial charge in [0.05, 0.1) is 11.9 Å². The van der Waals surface area contributed by atoms with Crippen molar-refractivity contribution < 1.29 is 4.79 Å². The van der Waals surface area contributed by atoms with Crippen LogP contribution in [0.1, 0.15) is 51.5 Å². The second-order valence-corrected chi connectivity index (χ2v) is 9.13. The van der Waals surface area contributed by atoms with E-state index in [9.17, 15) is 4.79 Å². The maximum atomic E-state index is 12.4. The third-order valence-corrected chi connectivity index (χ3v) is 5.76. The Bertz CT molecular complexity index is 778. The van der Waals surface area contributed by atoms with E-state index in [-0.39, 0.29) is 11.4 Å². The van der Waals surface area contributed by atoms with Crippen LogP contribution in [0.5, 0.6) is 0 Å². The molecule has 5 nitrogen and oxygen atoms in total. The number of thiophene rings is 1. The molecule has 0 saturated carbocycles. The number of amides is 1. The van der Waals surface area contributed by atoms with Gasteiger partial charge in [0, 0.05) is 17.0 Å². The Morgan fingerprint density at radius 3 is 2.84 bits per heavy atom. The van der Waals surface area contributed by atoms with E-state index in [1.165, 1.54) is 22.2 Å². The first kappa shape index (κ1) is 18.1. The molecule has 3 rings (SSSR count). The highest BCUT2D eigenvalue weighted by Gasteiger charge is 2.25. The van der Waals surface area contributed by atoms with E-state index in [1.807, 2.05) is 20.8 Å². The standard InChI is InChI=1S/C19H28N4OS/c1-6-23(10-15(24)22-19(3,4)5)17-16-13-8-7-12(2)9-14(13)25-18(16)21-11-20-17/h11-12H,6-10H2,1-5H3,(H,22,24). The van der Waals surface area contributed by atoms with Gasteiger partial charge in [-0.05, 0) is 58.4 Å². The van der Waals surface area contributed by atoms with Crippen molar-refractivity contribution in [2.75, 3.05) is 18.0 Å². The quantitative estimate of drug-likeness (QED) is 0.906. The summed E-state index contributed by atoms with van der Waals surface area (Å²) in [5.41, 5.74) is 1.18. The molecule has 2 aromatic heterocycles. The molecule has 1 atom stereocenters. The molecule has 0 bridgehead atoms. The summed E-state index contributed by atoms with van der Waals surface area (Å²) >= 11 is 1.80. The highest BCUT2D eigenvalue weighted by Crippen LogP contribution is 2.40. The van der Waals surface area contributed by atoms with Crippen molar-refractivity contribution in [1.82, 2.24) is 15.3 Å². The summed E-state index contributed by atoms with van der Waals surface area (Å²) in [6, 6.07) is 0. The zero-order valence-electron chi connectivity index (χ0n) is 15.8. The van der Waals surface area contributed by atoms with Crippen molar-refractivity contribution in [2.45, 2.75) is 59.4 Å². The minimum absolute atomic E-state index is 0.0267. The van der Waals surface area contributed by atoms with Crippen molar-refractivity contribution in [1.29, 1.82) is 0 Å². The van der Waals surface area contributed by atoms with Crippen LogP contribution in [0.3, 0.4) is 0 Å². The highest BCUT2D eigenvalue weighted by molar-refractivity contribution is 7.19. The zero-order chi connectivity index (χ0) is 18.2. The summed E-state index contributed by atoms with van der Waals surface area (Å²) in [6.07, 6.45) is 5.06. The average molecular weight is 361 g/mol. The molecule has 6 heteroatoms. The van der Waals surface area contributed by atoms with E-state index in [4.69, 9.17) is 0 Å². The number of nitrogens with zero attached hydrogens (tertiary/aromatic N) is 3. The lowest BCUT2D eigenvalue weighted by molar-refractivity contribution is -0.121. The maximum Gasteiger partial charge on any atom is 0.239 e. The van der Waals surface area contributed by atoms with Crippen LogP contribution in [0.25, 0.3) is 10.2 Å². The summed E-state index contributed by atoms with van der Waals surface area (Å²) in [5.74, 6) is 1.67. The largest absolute Gasteiger partial charge is 0.350 e. The Hall–Kier alpha value is -1.69. The smallest absolute Gasteiger partial charge is 0.239 e. The molecule has 0 radical (unpaired) electrons. The van der Waals surface area contributed by atoms with Crippen LogP contribution < -0.4 is 10.2 Å². The second-order valence-electron chi connectivity index (χ2n) is 8.04. The number of hydrogen-bond acceptors (Lipinski definition) is 5. The number of aryl methyl sites for hydroxylation is 1. The summed E-state index contributed by atoms with van der Waals surface area (Å²) < 4.78 is 0. The topological polar surface area (TPSA) is 58.1 Å². The molecule has 1 aliphatic carbocycles. The number of carbonyl (C=O) groups excluding carboxylic acids is 1. The zero-order valence-corrected chi connectivity index (χ0v) is 16.7. The van der Waals surface area contributed by atoms with Crippen molar-refractivity contribution in [3.8, 4) is 0 Å². The Labute approximate surface area is 153 Å². The predicted molar refractivity (Wildman–Crippen MR) is 104 cm³/mol. The van der Waals surface area contributed by atoms with Gasteiger partial charge in [-0.25, -0.2) is 9.97 Å². The molecular formula is C19H28N4OS. The van der Waals surface area contributed by atoms with E-state index in [0.717, 1.165) is 36.0 Å². The Morgan fingerprint density at radius 2 is 2.16 bits per heavy atom. The molecule has 0 fully saturated rings. The summed E-state index contributed by atoms with van der Waals surface area (Å²) in [7, 11) is 0. The van der Waals surface area contributed by atoms with Crippen molar-refractivity contribution in [2.24, 2.45) is 5.92 Å². The highest BCUT2D eigenvalue weighted by atomic mass is 32.1. The Kier molecular flexibility index (Phi) is 5.00. The lowest BCUT2D eigenvalue weighted by atomic mass is 9.89. The van der Waals surface area contributed by atoms with Crippen LogP contribution in [-0.2, 0) is 17.6 Å². The van der Waals surface area contributed by atoms with Crippen LogP contribution in [0.2, 0.25) is 0 Å². The third-order valence-electron chi connectivity index (χ3n) is 4.60. The van der Waals surface area contributed by atoms with Crippen LogP contribution in [0.15, 0.2) is 6.33 Å². The van der Waals surface area contributed by atoms with Gasteiger partial charge in [-0.2, -0.15) is 0 Å². The van der Waals surface area contributed by atoms with Crippen LogP contribution in [-0.4, -0.2) is 34.5 Å². The Balaban J connectivity index is 1.95. The first-order valence-corrected chi connectivity index (χ1v) is 9.91. The fourth-order valence-corrected chi connectivity index (χ4v) is 4.81. The molecule has 2 heterocycles. The molecule has 136 valence electrons. The minimum Gasteiger partial charge on any atom is -0.350 e. The lowest BCUT2D eigenvalue weighted by Crippen LogP contribution is -2.46. The van der Waals surface area contributed by atoms with Gasteiger partial charge in [0.25, 0.3) is 0 Å². The summed E-state index contributed by atoms with van der Waals surface area (Å²) in [5, 5.41) is 4.21. The van der Waals surface area contributed by atoms with E-state index in [2.05, 4.69) is 34.0 Å². The van der Waals surface area contributed by atoms with Gasteiger partial charge < -0.3 is 10.2 Å². The molecule has 1 N–H and O–H groups in total. The second kappa shape index (κ2) is 6.90. The number of rotatable bonds is 4. The predicted octanol–water partition coefficient (Wildman–Crippen LogP) is 3.56. The van der Waals surface area contributed by atoms with Crippen molar-refractivity contribution >= 4 is 33.3 Å². The molecule has 0 saturated heterocycles. The van der Waals surface area contributed by atoms with Crippen molar-refractivity contribution in [3.63, 3.8) is 0 Å².